The Morgan fingerprint density at radius 2 is 2.09 bits per heavy atom. The van der Waals surface area contributed by atoms with Gasteiger partial charge in [0.25, 0.3) is 0 Å². The monoisotopic (exact) mass is 309 g/mol. The second-order valence-electron chi connectivity index (χ2n) is 5.75. The molecule has 2 N–H and O–H groups in total. The van der Waals surface area contributed by atoms with E-state index in [0.717, 1.165) is 31.0 Å². The first-order valence-corrected chi connectivity index (χ1v) is 7.43. The zero-order valence-corrected chi connectivity index (χ0v) is 12.0. The van der Waals surface area contributed by atoms with Crippen LogP contribution in [0.2, 0.25) is 0 Å². The Morgan fingerprint density at radius 1 is 1.27 bits per heavy atom. The smallest absolute Gasteiger partial charge is 0.304 e. The van der Waals surface area contributed by atoms with Crippen LogP contribution in [0.4, 0.5) is 13.2 Å². The minimum Gasteiger partial charge on any atom is -0.304 e. The molecule has 0 radical (unpaired) electrons. The van der Waals surface area contributed by atoms with E-state index in [1.807, 2.05) is 6.07 Å². The van der Waals surface area contributed by atoms with Crippen LogP contribution in [0.5, 0.6) is 0 Å². The maximum atomic E-state index is 12.9. The molecule has 1 aromatic heterocycles. The lowest BCUT2D eigenvalue weighted by atomic mass is 9.77. The van der Waals surface area contributed by atoms with E-state index in [4.69, 9.17) is 0 Å². The van der Waals surface area contributed by atoms with E-state index in [0.29, 0.717) is 18.0 Å². The van der Waals surface area contributed by atoms with Gasteiger partial charge in [-0.2, -0.15) is 18.3 Å². The van der Waals surface area contributed by atoms with Gasteiger partial charge < -0.3 is 5.32 Å². The van der Waals surface area contributed by atoms with Gasteiger partial charge in [0.1, 0.15) is 0 Å². The predicted molar refractivity (Wildman–Crippen MR) is 77.0 cm³/mol. The van der Waals surface area contributed by atoms with Crippen LogP contribution < -0.4 is 5.32 Å². The number of benzene rings is 1. The van der Waals surface area contributed by atoms with Crippen LogP contribution in [0.3, 0.4) is 0 Å². The molecule has 3 rings (SSSR count). The zero-order valence-electron chi connectivity index (χ0n) is 12.0. The molecule has 0 amide bonds. The van der Waals surface area contributed by atoms with Crippen LogP contribution in [-0.4, -0.2) is 10.2 Å². The van der Waals surface area contributed by atoms with Gasteiger partial charge in [-0.1, -0.05) is 18.6 Å². The highest BCUT2D eigenvalue weighted by molar-refractivity contribution is 5.29. The fourth-order valence-corrected chi connectivity index (χ4v) is 2.84. The van der Waals surface area contributed by atoms with Crippen molar-refractivity contribution in [2.24, 2.45) is 5.92 Å². The molecule has 1 atom stereocenters. The molecule has 2 aromatic rings. The first kappa shape index (κ1) is 15.1. The molecule has 118 valence electrons. The highest BCUT2D eigenvalue weighted by Crippen LogP contribution is 2.39. The largest absolute Gasteiger partial charge is 0.416 e. The van der Waals surface area contributed by atoms with Gasteiger partial charge in [0.2, 0.25) is 0 Å². The molecule has 1 heterocycles. The third-order valence-electron chi connectivity index (χ3n) is 4.27. The summed E-state index contributed by atoms with van der Waals surface area (Å²) in [5.74, 6) is 0.395. The highest BCUT2D eigenvalue weighted by Gasteiger charge is 2.33. The van der Waals surface area contributed by atoms with Crippen LogP contribution in [0.1, 0.15) is 42.1 Å². The van der Waals surface area contributed by atoms with Crippen molar-refractivity contribution in [3.05, 3.63) is 53.3 Å². The second kappa shape index (κ2) is 6.12. The summed E-state index contributed by atoms with van der Waals surface area (Å²) in [5, 5.41) is 10.1. The highest BCUT2D eigenvalue weighted by atomic mass is 19.4. The molecule has 3 nitrogen and oxygen atoms in total. The van der Waals surface area contributed by atoms with E-state index in [9.17, 15) is 13.2 Å². The molecule has 1 aliphatic carbocycles. The number of H-pyrrole nitrogens is 1. The first-order valence-electron chi connectivity index (χ1n) is 7.43. The van der Waals surface area contributed by atoms with Gasteiger partial charge in [-0.25, -0.2) is 0 Å². The van der Waals surface area contributed by atoms with E-state index >= 15 is 0 Å². The molecule has 0 bridgehead atoms. The molecule has 0 unspecified atom stereocenters. The van der Waals surface area contributed by atoms with Crippen molar-refractivity contribution in [1.29, 1.82) is 0 Å². The molecule has 6 heteroatoms. The molecule has 1 aliphatic rings. The zero-order chi connectivity index (χ0) is 15.6. The average Bonchev–Trinajstić information content (AvgIpc) is 2.93. The summed E-state index contributed by atoms with van der Waals surface area (Å²) in [6, 6.07) is 7.45. The molecule has 1 saturated carbocycles. The second-order valence-corrected chi connectivity index (χ2v) is 5.75. The fraction of sp³-hybridized carbons (Fsp3) is 0.438. The van der Waals surface area contributed by atoms with Crippen molar-refractivity contribution in [2.75, 3.05) is 0 Å². The van der Waals surface area contributed by atoms with Gasteiger partial charge >= 0.3 is 6.18 Å². The van der Waals surface area contributed by atoms with Crippen molar-refractivity contribution < 1.29 is 13.2 Å². The summed E-state index contributed by atoms with van der Waals surface area (Å²) in [5.41, 5.74) is 1.05. The molecule has 0 aliphatic heterocycles. The number of nitrogens with one attached hydrogen (secondary N) is 2. The summed E-state index contributed by atoms with van der Waals surface area (Å²) in [4.78, 5) is 0. The fourth-order valence-electron chi connectivity index (χ4n) is 2.84. The lowest BCUT2D eigenvalue weighted by Gasteiger charge is -2.35. The van der Waals surface area contributed by atoms with E-state index in [1.165, 1.54) is 12.1 Å². The van der Waals surface area contributed by atoms with Crippen molar-refractivity contribution in [3.8, 4) is 0 Å². The first-order chi connectivity index (χ1) is 10.5. The van der Waals surface area contributed by atoms with E-state index in [1.54, 1.807) is 12.3 Å². The number of hydrogen-bond donors (Lipinski definition) is 2. The lowest BCUT2D eigenvalue weighted by molar-refractivity contribution is -0.137. The van der Waals surface area contributed by atoms with Gasteiger partial charge in [0.15, 0.2) is 0 Å². The number of alkyl halides is 3. The Bertz CT molecular complexity index is 603. The Hall–Kier alpha value is -1.82. The number of hydrogen-bond acceptors (Lipinski definition) is 2. The normalized spacial score (nSPS) is 17.2. The summed E-state index contributed by atoms with van der Waals surface area (Å²) in [7, 11) is 0. The van der Waals surface area contributed by atoms with E-state index in [2.05, 4.69) is 15.5 Å². The minimum absolute atomic E-state index is 0.0562. The molecule has 1 aromatic carbocycles. The number of aromatic nitrogens is 2. The van der Waals surface area contributed by atoms with Crippen LogP contribution in [0.15, 0.2) is 36.5 Å². The average molecular weight is 309 g/mol. The summed E-state index contributed by atoms with van der Waals surface area (Å²) < 4.78 is 38.7. The Kier molecular flexibility index (Phi) is 4.20. The molecular formula is C16H18F3N3. The van der Waals surface area contributed by atoms with Gasteiger partial charge in [0.05, 0.1) is 5.56 Å². The van der Waals surface area contributed by atoms with Crippen LogP contribution in [0.25, 0.3) is 0 Å². The maximum absolute atomic E-state index is 12.9. The molecular weight excluding hydrogens is 291 g/mol. The van der Waals surface area contributed by atoms with E-state index in [-0.39, 0.29) is 6.04 Å². The SMILES string of the molecule is FC(F)(F)c1cccc([C@@H](NCc2ccn[nH]2)C2CCC2)c1. The minimum atomic E-state index is -4.30. The summed E-state index contributed by atoms with van der Waals surface area (Å²) in [6.07, 6.45) is 0.614. The van der Waals surface area contributed by atoms with Crippen LogP contribution in [0, 0.1) is 5.92 Å². The number of nitrogens with zero attached hydrogens (tertiary/aromatic N) is 1. The summed E-state index contributed by atoms with van der Waals surface area (Å²) >= 11 is 0. The van der Waals surface area contributed by atoms with Crippen molar-refractivity contribution >= 4 is 0 Å². The van der Waals surface area contributed by atoms with Gasteiger partial charge in [-0.3, -0.25) is 5.10 Å². The number of halogens is 3. The Morgan fingerprint density at radius 3 is 2.68 bits per heavy atom. The van der Waals surface area contributed by atoms with Gasteiger partial charge in [-0.15, -0.1) is 0 Å². The van der Waals surface area contributed by atoms with Gasteiger partial charge in [-0.05, 0) is 42.5 Å². The van der Waals surface area contributed by atoms with Crippen molar-refractivity contribution in [2.45, 2.75) is 38.0 Å². The lowest BCUT2D eigenvalue weighted by Crippen LogP contribution is -2.32. The molecule has 22 heavy (non-hydrogen) atoms. The van der Waals surface area contributed by atoms with Crippen LogP contribution in [-0.2, 0) is 12.7 Å². The van der Waals surface area contributed by atoms with Crippen molar-refractivity contribution in [1.82, 2.24) is 15.5 Å². The summed E-state index contributed by atoms with van der Waals surface area (Å²) in [6.45, 7) is 0.567. The molecule has 0 saturated heterocycles. The number of aromatic amines is 1. The maximum Gasteiger partial charge on any atom is 0.416 e. The van der Waals surface area contributed by atoms with Crippen LogP contribution >= 0.6 is 0 Å². The van der Waals surface area contributed by atoms with E-state index < -0.39 is 11.7 Å². The number of rotatable bonds is 5. The third-order valence-corrected chi connectivity index (χ3v) is 4.27. The van der Waals surface area contributed by atoms with Gasteiger partial charge in [0, 0.05) is 24.5 Å². The quantitative estimate of drug-likeness (QED) is 0.874. The standard InChI is InChI=1S/C16H18F3N3/c17-16(18,19)13-6-2-5-12(9-13)15(11-3-1-4-11)20-10-14-7-8-21-22-14/h2,5-9,11,15,20H,1,3-4,10H2,(H,21,22)/t15-/m0/s1. The molecule has 0 spiro atoms. The van der Waals surface area contributed by atoms with Crippen molar-refractivity contribution in [3.63, 3.8) is 0 Å². The Labute approximate surface area is 126 Å². The Balaban J connectivity index is 1.79. The molecule has 1 fully saturated rings. The third kappa shape index (κ3) is 3.32. The predicted octanol–water partition coefficient (Wildman–Crippen LogP) is 4.06. The topological polar surface area (TPSA) is 40.7 Å².